The zero-order valence-electron chi connectivity index (χ0n) is 13.5. The molecular weight excluding hydrogens is 350 g/mol. The van der Waals surface area contributed by atoms with Crippen LogP contribution < -0.4 is 14.8 Å². The van der Waals surface area contributed by atoms with Gasteiger partial charge in [0.15, 0.2) is 11.5 Å². The van der Waals surface area contributed by atoms with Crippen LogP contribution in [0.4, 0.5) is 5.69 Å². The second-order valence-electron chi connectivity index (χ2n) is 5.56. The molecule has 132 valence electrons. The molecule has 0 fully saturated rings. The second-order valence-corrected chi connectivity index (χ2v) is 5.97. The normalized spacial score (nSPS) is 12.7. The minimum absolute atomic E-state index is 0.119. The minimum atomic E-state index is -0.534. The van der Waals surface area contributed by atoms with Gasteiger partial charge in [-0.15, -0.1) is 0 Å². The fraction of sp³-hybridized carbons (Fsp3) is 0.312. The molecule has 8 nitrogen and oxygen atoms in total. The van der Waals surface area contributed by atoms with Gasteiger partial charge in [0, 0.05) is 19.7 Å². The number of carbonyl (C=O) groups is 1. The number of fused-ring (bicyclic) bond motifs is 1. The fourth-order valence-corrected chi connectivity index (χ4v) is 2.88. The molecular formula is C16H16ClN3O5. The van der Waals surface area contributed by atoms with E-state index in [0.717, 1.165) is 5.56 Å². The van der Waals surface area contributed by atoms with Crippen LogP contribution in [-0.4, -0.2) is 35.2 Å². The minimum Gasteiger partial charge on any atom is -0.486 e. The molecule has 0 atom stereocenters. The Morgan fingerprint density at radius 2 is 2.12 bits per heavy atom. The lowest BCUT2D eigenvalue weighted by Gasteiger charge is -2.20. The highest BCUT2D eigenvalue weighted by atomic mass is 35.5. The lowest BCUT2D eigenvalue weighted by atomic mass is 10.1. The van der Waals surface area contributed by atoms with Crippen molar-refractivity contribution in [3.05, 3.63) is 50.8 Å². The number of carbonyl (C=O) groups excluding carboxylic acids is 1. The number of nitrogens with zero attached hydrogens (tertiary/aromatic N) is 2. The summed E-state index contributed by atoms with van der Waals surface area (Å²) in [6, 6.07) is 4.85. The molecule has 0 saturated heterocycles. The number of hydrogen-bond acceptors (Lipinski definition) is 5. The van der Waals surface area contributed by atoms with Gasteiger partial charge in [-0.05, 0) is 24.1 Å². The highest BCUT2D eigenvalue weighted by Crippen LogP contribution is 2.38. The fourth-order valence-electron chi connectivity index (χ4n) is 2.59. The molecule has 0 saturated carbocycles. The monoisotopic (exact) mass is 365 g/mol. The Labute approximate surface area is 148 Å². The number of benzene rings is 1. The van der Waals surface area contributed by atoms with E-state index in [9.17, 15) is 14.9 Å². The Morgan fingerprint density at radius 3 is 2.84 bits per heavy atom. The van der Waals surface area contributed by atoms with Gasteiger partial charge in [-0.2, -0.15) is 0 Å². The largest absolute Gasteiger partial charge is 0.486 e. The number of hydrogen-bond donors (Lipinski definition) is 1. The van der Waals surface area contributed by atoms with Crippen LogP contribution >= 0.6 is 11.6 Å². The van der Waals surface area contributed by atoms with E-state index in [2.05, 4.69) is 5.32 Å². The average molecular weight is 366 g/mol. The first-order valence-corrected chi connectivity index (χ1v) is 8.00. The first kappa shape index (κ1) is 17.1. The number of halogens is 1. The van der Waals surface area contributed by atoms with Gasteiger partial charge < -0.3 is 19.4 Å². The summed E-state index contributed by atoms with van der Waals surface area (Å²) < 4.78 is 12.4. The van der Waals surface area contributed by atoms with Crippen molar-refractivity contribution in [1.82, 2.24) is 9.88 Å². The van der Waals surface area contributed by atoms with Crippen molar-refractivity contribution < 1.29 is 19.2 Å². The molecule has 1 aliphatic heterocycles. The van der Waals surface area contributed by atoms with E-state index in [1.54, 1.807) is 13.1 Å². The zero-order valence-corrected chi connectivity index (χ0v) is 14.2. The van der Waals surface area contributed by atoms with Crippen LogP contribution in [0.5, 0.6) is 11.5 Å². The lowest BCUT2D eigenvalue weighted by Crippen LogP contribution is -2.27. The van der Waals surface area contributed by atoms with Gasteiger partial charge in [0.05, 0.1) is 16.1 Å². The van der Waals surface area contributed by atoms with Crippen LogP contribution in [0, 0.1) is 10.1 Å². The van der Waals surface area contributed by atoms with E-state index < -0.39 is 4.92 Å². The maximum Gasteiger partial charge on any atom is 0.287 e. The molecule has 9 heteroatoms. The van der Waals surface area contributed by atoms with Crippen molar-refractivity contribution in [3.8, 4) is 11.5 Å². The van der Waals surface area contributed by atoms with E-state index in [1.807, 2.05) is 6.07 Å². The number of nitrogens with one attached hydrogen (secondary N) is 1. The molecule has 2 aromatic rings. The van der Waals surface area contributed by atoms with E-state index in [4.69, 9.17) is 21.1 Å². The van der Waals surface area contributed by atoms with Crippen molar-refractivity contribution in [2.45, 2.75) is 6.42 Å². The summed E-state index contributed by atoms with van der Waals surface area (Å²) in [5, 5.41) is 14.0. The van der Waals surface area contributed by atoms with Crippen LogP contribution in [0.3, 0.4) is 0 Å². The van der Waals surface area contributed by atoms with Gasteiger partial charge in [0.2, 0.25) is 0 Å². The molecule has 1 aromatic heterocycles. The van der Waals surface area contributed by atoms with Crippen molar-refractivity contribution >= 4 is 23.2 Å². The van der Waals surface area contributed by atoms with E-state index in [1.165, 1.54) is 16.8 Å². The zero-order chi connectivity index (χ0) is 18.0. The number of ether oxygens (including phenoxy) is 2. The summed E-state index contributed by atoms with van der Waals surface area (Å²) in [4.78, 5) is 22.4. The van der Waals surface area contributed by atoms with Crippen molar-refractivity contribution in [3.63, 3.8) is 0 Å². The van der Waals surface area contributed by atoms with Crippen molar-refractivity contribution in [1.29, 1.82) is 0 Å². The predicted octanol–water partition coefficient (Wildman–Crippen LogP) is 2.33. The highest BCUT2D eigenvalue weighted by Gasteiger charge is 2.18. The van der Waals surface area contributed by atoms with Crippen LogP contribution in [0.25, 0.3) is 0 Å². The Bertz CT molecular complexity index is 833. The van der Waals surface area contributed by atoms with Gasteiger partial charge in [-0.25, -0.2) is 0 Å². The average Bonchev–Trinajstić information content (AvgIpc) is 2.97. The first-order valence-electron chi connectivity index (χ1n) is 7.62. The van der Waals surface area contributed by atoms with E-state index >= 15 is 0 Å². The van der Waals surface area contributed by atoms with Gasteiger partial charge >= 0.3 is 0 Å². The van der Waals surface area contributed by atoms with Crippen LogP contribution in [0.2, 0.25) is 5.02 Å². The van der Waals surface area contributed by atoms with Crippen molar-refractivity contribution in [2.75, 3.05) is 19.8 Å². The van der Waals surface area contributed by atoms with Crippen molar-refractivity contribution in [2.24, 2.45) is 7.05 Å². The van der Waals surface area contributed by atoms with Gasteiger partial charge in [0.1, 0.15) is 18.9 Å². The lowest BCUT2D eigenvalue weighted by molar-refractivity contribution is -0.384. The highest BCUT2D eigenvalue weighted by molar-refractivity contribution is 6.32. The maximum absolute atomic E-state index is 12.2. The topological polar surface area (TPSA) is 95.6 Å². The quantitative estimate of drug-likeness (QED) is 0.648. The maximum atomic E-state index is 12.2. The Morgan fingerprint density at radius 1 is 1.36 bits per heavy atom. The molecule has 0 radical (unpaired) electrons. The first-order chi connectivity index (χ1) is 12.0. The molecule has 25 heavy (non-hydrogen) atoms. The SMILES string of the molecule is Cn1cc([N+](=O)[O-])cc1C(=O)NCCc1cc(Cl)c2c(c1)OCCO2. The molecule has 0 unspecified atom stereocenters. The molecule has 1 amide bonds. The Balaban J connectivity index is 1.62. The van der Waals surface area contributed by atoms with E-state index in [0.29, 0.717) is 42.7 Å². The molecule has 0 bridgehead atoms. The Kier molecular flexibility index (Phi) is 4.80. The Hall–Kier alpha value is -2.74. The second kappa shape index (κ2) is 7.02. The van der Waals surface area contributed by atoms with Gasteiger partial charge in [0.25, 0.3) is 11.6 Å². The third kappa shape index (κ3) is 3.69. The molecule has 1 aromatic carbocycles. The summed E-state index contributed by atoms with van der Waals surface area (Å²) >= 11 is 6.18. The standard InChI is InChI=1S/C16H16ClN3O5/c1-19-9-11(20(22)23)8-13(19)16(21)18-3-2-10-6-12(17)15-14(7-10)24-4-5-25-15/h6-9H,2-5H2,1H3,(H,18,21). The predicted molar refractivity (Wildman–Crippen MR) is 90.5 cm³/mol. The molecule has 0 spiro atoms. The van der Waals surface area contributed by atoms with Gasteiger partial charge in [-0.1, -0.05) is 11.6 Å². The summed E-state index contributed by atoms with van der Waals surface area (Å²) in [6.45, 7) is 1.29. The number of rotatable bonds is 5. The smallest absolute Gasteiger partial charge is 0.287 e. The third-order valence-corrected chi connectivity index (χ3v) is 4.07. The number of aromatic nitrogens is 1. The number of nitro groups is 1. The third-order valence-electron chi connectivity index (χ3n) is 3.79. The molecule has 1 N–H and O–H groups in total. The summed E-state index contributed by atoms with van der Waals surface area (Å²) in [5.41, 5.74) is 1.01. The molecule has 0 aliphatic carbocycles. The summed E-state index contributed by atoms with van der Waals surface area (Å²) in [7, 11) is 1.59. The van der Waals surface area contributed by atoms with Crippen LogP contribution in [-0.2, 0) is 13.5 Å². The summed E-state index contributed by atoms with van der Waals surface area (Å²) in [6.07, 6.45) is 1.84. The number of aryl methyl sites for hydroxylation is 1. The molecule has 1 aliphatic rings. The summed E-state index contributed by atoms with van der Waals surface area (Å²) in [5.74, 6) is 0.759. The van der Waals surface area contributed by atoms with E-state index in [-0.39, 0.29) is 17.3 Å². The van der Waals surface area contributed by atoms with Gasteiger partial charge in [-0.3, -0.25) is 14.9 Å². The number of amides is 1. The van der Waals surface area contributed by atoms with Crippen LogP contribution in [0.15, 0.2) is 24.4 Å². The molecule has 3 rings (SSSR count). The molecule has 2 heterocycles. The van der Waals surface area contributed by atoms with Crippen LogP contribution in [0.1, 0.15) is 16.1 Å².